The van der Waals surface area contributed by atoms with Crippen LogP contribution in [0.15, 0.2) is 43.0 Å². The van der Waals surface area contributed by atoms with Crippen LogP contribution in [0.2, 0.25) is 0 Å². The summed E-state index contributed by atoms with van der Waals surface area (Å²) in [5.41, 5.74) is 0.680. The maximum atomic E-state index is 12.8. The van der Waals surface area contributed by atoms with Crippen molar-refractivity contribution in [1.82, 2.24) is 24.8 Å². The third kappa shape index (κ3) is 4.67. The lowest BCUT2D eigenvalue weighted by Gasteiger charge is -2.40. The van der Waals surface area contributed by atoms with Gasteiger partial charge in [-0.2, -0.15) is 0 Å². The van der Waals surface area contributed by atoms with Crippen molar-refractivity contribution >= 4 is 28.8 Å². The molecule has 10 nitrogen and oxygen atoms in total. The fourth-order valence-electron chi connectivity index (χ4n) is 5.18. The van der Waals surface area contributed by atoms with Crippen LogP contribution in [-0.4, -0.2) is 73.3 Å². The number of piperidine rings is 1. The zero-order chi connectivity index (χ0) is 25.5. The van der Waals surface area contributed by atoms with Crippen LogP contribution >= 0.6 is 0 Å². The Kier molecular flexibility index (Phi) is 5.97. The molecule has 1 amide bonds. The molecule has 0 aromatic carbocycles. The van der Waals surface area contributed by atoms with Gasteiger partial charge in [0.1, 0.15) is 17.5 Å². The van der Waals surface area contributed by atoms with Crippen molar-refractivity contribution in [3.8, 4) is 11.4 Å². The molecule has 5 rings (SSSR count). The first-order chi connectivity index (χ1) is 17.1. The number of aromatic nitrogens is 4. The molecule has 0 radical (unpaired) electrons. The molecule has 2 aliphatic rings. The number of hydrogen-bond acceptors (Lipinski definition) is 8. The summed E-state index contributed by atoms with van der Waals surface area (Å²) in [7, 11) is 0. The largest absolute Gasteiger partial charge is 0.480 e. The van der Waals surface area contributed by atoms with Gasteiger partial charge in [0.2, 0.25) is 0 Å². The molecule has 1 N–H and O–H groups in total. The summed E-state index contributed by atoms with van der Waals surface area (Å²) in [6.07, 6.45) is 8.26. The number of nitrogens with zero attached hydrogens (tertiary/aromatic N) is 6. The van der Waals surface area contributed by atoms with Crippen LogP contribution in [0.25, 0.3) is 22.3 Å². The van der Waals surface area contributed by atoms with Crippen LogP contribution < -0.4 is 4.90 Å². The fraction of sp³-hybridized carbons (Fsp3) is 0.462. The van der Waals surface area contributed by atoms with E-state index in [1.165, 1.54) is 4.90 Å². The van der Waals surface area contributed by atoms with Crippen LogP contribution in [0.1, 0.15) is 40.0 Å². The first-order valence-corrected chi connectivity index (χ1v) is 12.1. The second kappa shape index (κ2) is 9.00. The zero-order valence-electron chi connectivity index (χ0n) is 20.7. The van der Waals surface area contributed by atoms with Crippen LogP contribution in [0.3, 0.4) is 0 Å². The van der Waals surface area contributed by atoms with Crippen molar-refractivity contribution < 1.29 is 19.4 Å². The molecule has 2 fully saturated rings. The lowest BCUT2D eigenvalue weighted by atomic mass is 9.76. The number of ether oxygens (including phenoxy) is 1. The number of carboxylic acids is 1. The van der Waals surface area contributed by atoms with E-state index in [9.17, 15) is 14.7 Å². The third-order valence-corrected chi connectivity index (χ3v) is 6.96. The molecule has 1 atom stereocenters. The SMILES string of the molecule is CC(C)(C)OC(=O)N1CC2(CCN(c3nc(-c4ccncc4)nc4cnccc34)CC2)CC1C(=O)O. The fourth-order valence-corrected chi connectivity index (χ4v) is 5.18. The number of carbonyl (C=O) groups excluding carboxylic acids is 1. The smallest absolute Gasteiger partial charge is 0.411 e. The van der Waals surface area contributed by atoms with E-state index in [1.807, 2.05) is 18.2 Å². The first-order valence-electron chi connectivity index (χ1n) is 12.1. The molecule has 0 bridgehead atoms. The van der Waals surface area contributed by atoms with Crippen LogP contribution in [0.5, 0.6) is 0 Å². The Balaban J connectivity index is 1.40. The molecule has 2 saturated heterocycles. The highest BCUT2D eigenvalue weighted by Gasteiger charge is 2.51. The predicted octanol–water partition coefficient (Wildman–Crippen LogP) is 3.77. The first kappa shape index (κ1) is 23.9. The molecule has 1 unspecified atom stereocenters. The number of carboxylic acid groups (broad SMARTS) is 1. The summed E-state index contributed by atoms with van der Waals surface area (Å²) in [5.74, 6) is 0.452. The van der Waals surface area contributed by atoms with Crippen molar-refractivity contribution in [3.05, 3.63) is 43.0 Å². The minimum atomic E-state index is -0.989. The molecular weight excluding hydrogens is 460 g/mol. The van der Waals surface area contributed by atoms with E-state index < -0.39 is 23.7 Å². The van der Waals surface area contributed by atoms with Gasteiger partial charge in [-0.3, -0.25) is 14.9 Å². The number of aliphatic carboxylic acids is 1. The van der Waals surface area contributed by atoms with Gasteiger partial charge < -0.3 is 14.7 Å². The Labute approximate surface area is 209 Å². The summed E-state index contributed by atoms with van der Waals surface area (Å²) >= 11 is 0. The van der Waals surface area contributed by atoms with E-state index in [1.54, 1.807) is 45.6 Å². The van der Waals surface area contributed by atoms with Crippen molar-refractivity contribution in [1.29, 1.82) is 0 Å². The summed E-state index contributed by atoms with van der Waals surface area (Å²) in [6, 6.07) is 4.80. The van der Waals surface area contributed by atoms with E-state index in [-0.39, 0.29) is 5.41 Å². The van der Waals surface area contributed by atoms with Gasteiger partial charge in [-0.1, -0.05) is 0 Å². The molecule has 36 heavy (non-hydrogen) atoms. The minimum Gasteiger partial charge on any atom is -0.480 e. The van der Waals surface area contributed by atoms with Gasteiger partial charge in [0.05, 0.1) is 11.7 Å². The van der Waals surface area contributed by atoms with Crippen LogP contribution in [0, 0.1) is 5.41 Å². The lowest BCUT2D eigenvalue weighted by Crippen LogP contribution is -2.45. The summed E-state index contributed by atoms with van der Waals surface area (Å²) in [4.78, 5) is 46.4. The summed E-state index contributed by atoms with van der Waals surface area (Å²) < 4.78 is 5.52. The molecule has 3 aromatic heterocycles. The normalized spacial score (nSPS) is 19.6. The molecule has 2 aliphatic heterocycles. The molecule has 1 spiro atoms. The quantitative estimate of drug-likeness (QED) is 0.585. The van der Waals surface area contributed by atoms with E-state index in [0.29, 0.717) is 31.9 Å². The lowest BCUT2D eigenvalue weighted by molar-refractivity contribution is -0.142. The Morgan fingerprint density at radius 1 is 1.06 bits per heavy atom. The summed E-state index contributed by atoms with van der Waals surface area (Å²) in [5, 5.41) is 10.8. The second-order valence-electron chi connectivity index (χ2n) is 10.7. The third-order valence-electron chi connectivity index (χ3n) is 6.96. The van der Waals surface area contributed by atoms with Gasteiger partial charge in [0, 0.05) is 49.2 Å². The molecular formula is C26H30N6O4. The number of amides is 1. The highest BCUT2D eigenvalue weighted by Crippen LogP contribution is 2.45. The zero-order valence-corrected chi connectivity index (χ0v) is 20.7. The van der Waals surface area contributed by atoms with Gasteiger partial charge in [-0.15, -0.1) is 0 Å². The average molecular weight is 491 g/mol. The number of pyridine rings is 2. The van der Waals surface area contributed by atoms with Crippen LogP contribution in [0.4, 0.5) is 10.6 Å². The van der Waals surface area contributed by atoms with Crippen molar-refractivity contribution in [3.63, 3.8) is 0 Å². The molecule has 10 heteroatoms. The number of fused-ring (bicyclic) bond motifs is 1. The van der Waals surface area contributed by atoms with Crippen molar-refractivity contribution in [2.24, 2.45) is 5.41 Å². The van der Waals surface area contributed by atoms with E-state index in [2.05, 4.69) is 14.9 Å². The molecule has 188 valence electrons. The standard InChI is InChI=1S/C26H30N6O4/c1-25(2,3)36-24(35)32-16-26(14-20(32)23(33)34)7-12-31(13-8-26)22-18-6-11-28-15-19(18)29-21(30-22)17-4-9-27-10-5-17/h4-6,9-11,15,20H,7-8,12-14,16H2,1-3H3,(H,33,34). The maximum absolute atomic E-state index is 12.8. The second-order valence-corrected chi connectivity index (χ2v) is 10.7. The van der Waals surface area contributed by atoms with Crippen molar-refractivity contribution in [2.75, 3.05) is 24.5 Å². The highest BCUT2D eigenvalue weighted by atomic mass is 16.6. The Morgan fingerprint density at radius 2 is 1.75 bits per heavy atom. The Morgan fingerprint density at radius 3 is 2.42 bits per heavy atom. The Bertz CT molecular complexity index is 1280. The number of carbonyl (C=O) groups is 2. The number of likely N-dealkylation sites (tertiary alicyclic amines) is 1. The number of rotatable bonds is 3. The molecule has 0 aliphatic carbocycles. The van der Waals surface area contributed by atoms with E-state index in [4.69, 9.17) is 14.7 Å². The monoisotopic (exact) mass is 490 g/mol. The van der Waals surface area contributed by atoms with Gasteiger partial charge >= 0.3 is 12.1 Å². The molecule has 3 aromatic rings. The van der Waals surface area contributed by atoms with Crippen molar-refractivity contribution in [2.45, 2.75) is 51.7 Å². The van der Waals surface area contributed by atoms with E-state index in [0.717, 1.165) is 35.1 Å². The maximum Gasteiger partial charge on any atom is 0.411 e. The minimum absolute atomic E-state index is 0.269. The molecule has 0 saturated carbocycles. The number of anilines is 1. The van der Waals surface area contributed by atoms with Crippen LogP contribution in [-0.2, 0) is 9.53 Å². The van der Waals surface area contributed by atoms with E-state index >= 15 is 0 Å². The van der Waals surface area contributed by atoms with Gasteiger partial charge in [0.25, 0.3) is 0 Å². The van der Waals surface area contributed by atoms with Gasteiger partial charge in [-0.25, -0.2) is 19.6 Å². The average Bonchev–Trinajstić information content (AvgIpc) is 3.23. The van der Waals surface area contributed by atoms with Gasteiger partial charge in [0.15, 0.2) is 5.82 Å². The molecule has 5 heterocycles. The summed E-state index contributed by atoms with van der Waals surface area (Å²) in [6.45, 7) is 7.12. The predicted molar refractivity (Wildman–Crippen MR) is 133 cm³/mol. The number of hydrogen-bond donors (Lipinski definition) is 1. The van der Waals surface area contributed by atoms with Gasteiger partial charge in [-0.05, 0) is 63.6 Å². The Hall–Kier alpha value is -3.82. The highest BCUT2D eigenvalue weighted by molar-refractivity contribution is 5.90. The topological polar surface area (TPSA) is 122 Å².